The van der Waals surface area contributed by atoms with Gasteiger partial charge in [0.1, 0.15) is 5.75 Å². The zero-order valence-corrected chi connectivity index (χ0v) is 8.26. The molecule has 0 saturated heterocycles. The Morgan fingerprint density at radius 1 is 1.13 bits per heavy atom. The number of benzene rings is 1. The standard InChI is InChI=1S/C10H11F3O2/c1-9(2,15)6-3-4-8(14)7(5-6)10(11,12)13/h3-5,14-15H,1-2H3. The molecule has 0 unspecified atom stereocenters. The molecule has 1 aromatic carbocycles. The minimum absolute atomic E-state index is 0.104. The second-order valence-corrected chi connectivity index (χ2v) is 3.79. The summed E-state index contributed by atoms with van der Waals surface area (Å²) in [4.78, 5) is 0. The predicted molar refractivity (Wildman–Crippen MR) is 48.4 cm³/mol. The summed E-state index contributed by atoms with van der Waals surface area (Å²) in [5.41, 5.74) is -2.40. The van der Waals surface area contributed by atoms with E-state index in [1.165, 1.54) is 19.9 Å². The monoisotopic (exact) mass is 220 g/mol. The first-order chi connectivity index (χ1) is 6.62. The van der Waals surface area contributed by atoms with E-state index in [1.807, 2.05) is 0 Å². The number of rotatable bonds is 1. The molecular formula is C10H11F3O2. The van der Waals surface area contributed by atoms with Crippen molar-refractivity contribution in [2.45, 2.75) is 25.6 Å². The van der Waals surface area contributed by atoms with Crippen molar-refractivity contribution in [2.24, 2.45) is 0 Å². The van der Waals surface area contributed by atoms with Crippen LogP contribution in [0.3, 0.4) is 0 Å². The van der Waals surface area contributed by atoms with E-state index in [4.69, 9.17) is 5.11 Å². The maximum atomic E-state index is 12.4. The number of halogens is 3. The summed E-state index contributed by atoms with van der Waals surface area (Å²) in [6, 6.07) is 2.93. The third kappa shape index (κ3) is 2.62. The number of aliphatic hydroxyl groups is 1. The quantitative estimate of drug-likeness (QED) is 0.763. The first-order valence-electron chi connectivity index (χ1n) is 4.25. The lowest BCUT2D eigenvalue weighted by molar-refractivity contribution is -0.138. The van der Waals surface area contributed by atoms with Crippen molar-refractivity contribution >= 4 is 0 Å². The smallest absolute Gasteiger partial charge is 0.419 e. The lowest BCUT2D eigenvalue weighted by atomic mass is 9.96. The number of hydrogen-bond donors (Lipinski definition) is 2. The summed E-state index contributed by atoms with van der Waals surface area (Å²) >= 11 is 0. The summed E-state index contributed by atoms with van der Waals surface area (Å²) in [6.07, 6.45) is -4.62. The zero-order chi connectivity index (χ0) is 11.9. The Kier molecular flexibility index (Phi) is 2.69. The van der Waals surface area contributed by atoms with Crippen molar-refractivity contribution in [2.75, 3.05) is 0 Å². The van der Waals surface area contributed by atoms with Gasteiger partial charge in [0.2, 0.25) is 0 Å². The molecular weight excluding hydrogens is 209 g/mol. The highest BCUT2D eigenvalue weighted by molar-refractivity contribution is 5.39. The molecule has 1 rings (SSSR count). The van der Waals surface area contributed by atoms with Crippen molar-refractivity contribution < 1.29 is 23.4 Å². The highest BCUT2D eigenvalue weighted by Crippen LogP contribution is 2.37. The maximum Gasteiger partial charge on any atom is 0.419 e. The third-order valence-corrected chi connectivity index (χ3v) is 2.01. The molecule has 0 aliphatic heterocycles. The van der Waals surface area contributed by atoms with E-state index in [1.54, 1.807) is 0 Å². The van der Waals surface area contributed by atoms with Crippen LogP contribution in [0.15, 0.2) is 18.2 Å². The van der Waals surface area contributed by atoms with Crippen LogP contribution < -0.4 is 0 Å². The SMILES string of the molecule is CC(C)(O)c1ccc(O)c(C(F)(F)F)c1. The number of phenolic OH excluding ortho intramolecular Hbond substituents is 1. The fraction of sp³-hybridized carbons (Fsp3) is 0.400. The van der Waals surface area contributed by atoms with Gasteiger partial charge in [0.05, 0.1) is 11.2 Å². The summed E-state index contributed by atoms with van der Waals surface area (Å²) < 4.78 is 37.1. The van der Waals surface area contributed by atoms with Gasteiger partial charge in [-0.2, -0.15) is 13.2 Å². The molecule has 0 spiro atoms. The Bertz CT molecular complexity index is 364. The van der Waals surface area contributed by atoms with Gasteiger partial charge < -0.3 is 10.2 Å². The van der Waals surface area contributed by atoms with Gasteiger partial charge in [-0.05, 0) is 31.5 Å². The molecule has 84 valence electrons. The van der Waals surface area contributed by atoms with Crippen LogP contribution in [0.5, 0.6) is 5.75 Å². The van der Waals surface area contributed by atoms with Crippen LogP contribution in [0.4, 0.5) is 13.2 Å². The predicted octanol–water partition coefficient (Wildman–Crippen LogP) is 2.64. The van der Waals surface area contributed by atoms with Gasteiger partial charge in [-0.3, -0.25) is 0 Å². The molecule has 1 aromatic rings. The zero-order valence-electron chi connectivity index (χ0n) is 8.26. The molecule has 15 heavy (non-hydrogen) atoms. The second kappa shape index (κ2) is 3.41. The number of alkyl halides is 3. The molecule has 2 N–H and O–H groups in total. The average molecular weight is 220 g/mol. The molecule has 0 fully saturated rings. The van der Waals surface area contributed by atoms with Gasteiger partial charge in [-0.15, -0.1) is 0 Å². The van der Waals surface area contributed by atoms with E-state index in [0.29, 0.717) is 0 Å². The Labute approximate surface area is 85.0 Å². The third-order valence-electron chi connectivity index (χ3n) is 2.01. The van der Waals surface area contributed by atoms with E-state index in [9.17, 15) is 18.3 Å². The Balaban J connectivity index is 3.30. The number of phenols is 1. The first kappa shape index (κ1) is 11.8. The van der Waals surface area contributed by atoms with E-state index < -0.39 is 23.1 Å². The summed E-state index contributed by atoms with van der Waals surface area (Å²) in [5, 5.41) is 18.6. The molecule has 0 aliphatic rings. The molecule has 0 atom stereocenters. The Morgan fingerprint density at radius 3 is 2.07 bits per heavy atom. The molecule has 0 aromatic heterocycles. The van der Waals surface area contributed by atoms with E-state index >= 15 is 0 Å². The van der Waals surface area contributed by atoms with Crippen molar-refractivity contribution in [1.82, 2.24) is 0 Å². The maximum absolute atomic E-state index is 12.4. The summed E-state index contributed by atoms with van der Waals surface area (Å²) in [7, 11) is 0. The average Bonchev–Trinajstić information content (AvgIpc) is 2.00. The highest BCUT2D eigenvalue weighted by Gasteiger charge is 2.35. The normalized spacial score (nSPS) is 12.9. The molecule has 0 saturated carbocycles. The van der Waals surface area contributed by atoms with Crippen LogP contribution in [0.2, 0.25) is 0 Å². The Hall–Kier alpha value is -1.23. The van der Waals surface area contributed by atoms with E-state index in [2.05, 4.69) is 0 Å². The van der Waals surface area contributed by atoms with Crippen LogP contribution in [0.1, 0.15) is 25.0 Å². The molecule has 0 heterocycles. The van der Waals surface area contributed by atoms with Gasteiger partial charge in [0.25, 0.3) is 0 Å². The van der Waals surface area contributed by atoms with E-state index in [-0.39, 0.29) is 5.56 Å². The van der Waals surface area contributed by atoms with Crippen molar-refractivity contribution in [3.05, 3.63) is 29.3 Å². The molecule has 0 amide bonds. The second-order valence-electron chi connectivity index (χ2n) is 3.79. The molecule has 0 aliphatic carbocycles. The lowest BCUT2D eigenvalue weighted by Crippen LogP contribution is -2.17. The van der Waals surface area contributed by atoms with Gasteiger partial charge in [0.15, 0.2) is 0 Å². The van der Waals surface area contributed by atoms with Crippen LogP contribution in [0.25, 0.3) is 0 Å². The minimum atomic E-state index is -4.62. The van der Waals surface area contributed by atoms with Crippen LogP contribution >= 0.6 is 0 Å². The molecule has 0 bridgehead atoms. The van der Waals surface area contributed by atoms with Gasteiger partial charge in [-0.1, -0.05) is 6.07 Å². The van der Waals surface area contributed by atoms with Gasteiger partial charge in [0, 0.05) is 0 Å². The topological polar surface area (TPSA) is 40.5 Å². The summed E-state index contributed by atoms with van der Waals surface area (Å²) in [5.74, 6) is -0.838. The first-order valence-corrected chi connectivity index (χ1v) is 4.25. The van der Waals surface area contributed by atoms with E-state index in [0.717, 1.165) is 12.1 Å². The van der Waals surface area contributed by atoms with Crippen molar-refractivity contribution in [3.8, 4) is 5.75 Å². The highest BCUT2D eigenvalue weighted by atomic mass is 19.4. The minimum Gasteiger partial charge on any atom is -0.507 e. The molecule has 2 nitrogen and oxygen atoms in total. The lowest BCUT2D eigenvalue weighted by Gasteiger charge is -2.19. The van der Waals surface area contributed by atoms with Crippen molar-refractivity contribution in [3.63, 3.8) is 0 Å². The Morgan fingerprint density at radius 2 is 1.67 bits per heavy atom. The molecule has 5 heteroatoms. The van der Waals surface area contributed by atoms with Gasteiger partial charge in [-0.25, -0.2) is 0 Å². The molecule has 0 radical (unpaired) electrons. The van der Waals surface area contributed by atoms with Crippen LogP contribution in [0, 0.1) is 0 Å². The van der Waals surface area contributed by atoms with Crippen molar-refractivity contribution in [1.29, 1.82) is 0 Å². The fourth-order valence-corrected chi connectivity index (χ4v) is 1.14. The fourth-order valence-electron chi connectivity index (χ4n) is 1.14. The largest absolute Gasteiger partial charge is 0.507 e. The summed E-state index contributed by atoms with van der Waals surface area (Å²) in [6.45, 7) is 2.75. The van der Waals surface area contributed by atoms with Crippen LogP contribution in [-0.4, -0.2) is 10.2 Å². The van der Waals surface area contributed by atoms with Crippen LogP contribution in [-0.2, 0) is 11.8 Å². The van der Waals surface area contributed by atoms with Gasteiger partial charge >= 0.3 is 6.18 Å². The number of aromatic hydroxyl groups is 1. The number of hydrogen-bond acceptors (Lipinski definition) is 2.